The zero-order valence-electron chi connectivity index (χ0n) is 27.8. The van der Waals surface area contributed by atoms with Crippen LogP contribution in [0.3, 0.4) is 0 Å². The van der Waals surface area contributed by atoms with E-state index in [1.54, 1.807) is 11.3 Å². The molecule has 0 saturated carbocycles. The number of thiophene rings is 1. The van der Waals surface area contributed by atoms with E-state index in [-0.39, 0.29) is 0 Å². The number of hydrogen-bond donors (Lipinski definition) is 0. The summed E-state index contributed by atoms with van der Waals surface area (Å²) in [5, 5.41) is 0. The average Bonchev–Trinajstić information content (AvgIpc) is 3.49. The quantitative estimate of drug-likeness (QED) is 0.215. The molecule has 2 aliphatic rings. The van der Waals surface area contributed by atoms with Crippen molar-refractivity contribution in [2.75, 3.05) is 26.3 Å². The van der Waals surface area contributed by atoms with Gasteiger partial charge in [0.25, 0.3) is 0 Å². The Hall–Kier alpha value is -4.10. The highest BCUT2D eigenvalue weighted by atomic mass is 32.1. The van der Waals surface area contributed by atoms with E-state index in [9.17, 15) is 19.2 Å². The van der Waals surface area contributed by atoms with E-state index in [2.05, 4.69) is 41.3 Å². The van der Waals surface area contributed by atoms with Crippen LogP contribution in [0, 0.1) is 6.92 Å². The van der Waals surface area contributed by atoms with Crippen LogP contribution in [0.5, 0.6) is 0 Å². The van der Waals surface area contributed by atoms with Gasteiger partial charge in [0.15, 0.2) is 12.2 Å². The lowest BCUT2D eigenvalue weighted by Gasteiger charge is -2.44. The Bertz CT molecular complexity index is 1630. The van der Waals surface area contributed by atoms with Crippen molar-refractivity contribution in [2.45, 2.75) is 78.3 Å². The maximum absolute atomic E-state index is 12.3. The molecule has 1 aromatic heterocycles. The van der Waals surface area contributed by atoms with Crippen LogP contribution in [-0.2, 0) is 60.6 Å². The number of carbonyl (C=O) groups excluding carboxylic acids is 4. The number of aryl methyl sites for hydroxylation is 1. The first kappa shape index (κ1) is 35.2. The Kier molecular flexibility index (Phi) is 11.6. The van der Waals surface area contributed by atoms with Crippen LogP contribution >= 0.6 is 11.3 Å². The molecule has 3 heterocycles. The lowest BCUT2D eigenvalue weighted by atomic mass is 9.90. The van der Waals surface area contributed by atoms with Gasteiger partial charge in [0.2, 0.25) is 12.4 Å². The minimum absolute atomic E-state index is 0.602. The van der Waals surface area contributed by atoms with Gasteiger partial charge in [-0.05, 0) is 52.9 Å². The van der Waals surface area contributed by atoms with Crippen LogP contribution in [0.15, 0.2) is 54.6 Å². The molecule has 5 rings (SSSR count). The number of morpholine rings is 1. The van der Waals surface area contributed by atoms with Gasteiger partial charge in [0, 0.05) is 63.5 Å². The molecule has 5 unspecified atom stereocenters. The maximum atomic E-state index is 12.3. The first-order valence-electron chi connectivity index (χ1n) is 15.9. The fourth-order valence-corrected chi connectivity index (χ4v) is 7.04. The predicted octanol–water partition coefficient (Wildman–Crippen LogP) is 4.90. The molecule has 0 spiro atoms. The Morgan fingerprint density at radius 2 is 1.46 bits per heavy atom. The summed E-state index contributed by atoms with van der Waals surface area (Å²) in [6.45, 7) is 11.0. The lowest BCUT2D eigenvalue weighted by molar-refractivity contribution is -0.298. The second-order valence-electron chi connectivity index (χ2n) is 12.0. The fraction of sp³-hybridized carbons (Fsp3) is 0.444. The normalized spacial score (nSPS) is 22.8. The van der Waals surface area contributed by atoms with Gasteiger partial charge in [-0.3, -0.25) is 24.1 Å². The topological polar surface area (TPSA) is 127 Å². The van der Waals surface area contributed by atoms with Crippen molar-refractivity contribution in [3.8, 4) is 10.4 Å². The van der Waals surface area contributed by atoms with E-state index in [4.69, 9.17) is 28.4 Å². The van der Waals surface area contributed by atoms with Crippen molar-refractivity contribution in [3.05, 3.63) is 81.7 Å². The van der Waals surface area contributed by atoms with E-state index in [0.717, 1.165) is 66.2 Å². The minimum Gasteiger partial charge on any atom is -0.455 e. The Labute approximate surface area is 284 Å². The second-order valence-corrected chi connectivity index (χ2v) is 13.1. The molecule has 0 aliphatic carbocycles. The Morgan fingerprint density at radius 1 is 0.792 bits per heavy atom. The first-order chi connectivity index (χ1) is 23.0. The monoisotopic (exact) mass is 679 g/mol. The zero-order valence-corrected chi connectivity index (χ0v) is 28.6. The van der Waals surface area contributed by atoms with Crippen LogP contribution in [0.25, 0.3) is 10.4 Å². The molecule has 0 bridgehead atoms. The molecule has 0 radical (unpaired) electrons. The molecule has 11 nitrogen and oxygen atoms in total. The van der Waals surface area contributed by atoms with E-state index in [1.807, 2.05) is 25.1 Å². The molecule has 0 amide bonds. The molecule has 2 fully saturated rings. The summed E-state index contributed by atoms with van der Waals surface area (Å²) >= 11 is 1.72. The maximum Gasteiger partial charge on any atom is 0.305 e. The van der Waals surface area contributed by atoms with E-state index in [1.165, 1.54) is 26.3 Å². The summed E-state index contributed by atoms with van der Waals surface area (Å²) in [4.78, 5) is 53.3. The number of rotatable bonds is 10. The summed E-state index contributed by atoms with van der Waals surface area (Å²) < 4.78 is 33.7. The molecule has 48 heavy (non-hydrogen) atoms. The van der Waals surface area contributed by atoms with Crippen molar-refractivity contribution in [1.82, 2.24) is 4.90 Å². The van der Waals surface area contributed by atoms with E-state index in [0.29, 0.717) is 12.0 Å². The number of hydrogen-bond acceptors (Lipinski definition) is 12. The number of nitrogens with zero attached hydrogens (tertiary/aromatic N) is 1. The molecule has 12 heteroatoms. The number of carbonyl (C=O) groups is 4. The molecule has 3 aromatic rings. The number of esters is 4. The van der Waals surface area contributed by atoms with Gasteiger partial charge < -0.3 is 28.4 Å². The molecule has 2 aliphatic heterocycles. The molecular weight excluding hydrogens is 638 g/mol. The minimum atomic E-state index is -1.43. The largest absolute Gasteiger partial charge is 0.455 e. The third-order valence-electron chi connectivity index (χ3n) is 8.13. The highest BCUT2D eigenvalue weighted by Crippen LogP contribution is 2.39. The molecule has 2 saturated heterocycles. The van der Waals surface area contributed by atoms with Crippen molar-refractivity contribution in [3.63, 3.8) is 0 Å². The van der Waals surface area contributed by atoms with Gasteiger partial charge in [0.1, 0.15) is 6.10 Å². The summed E-state index contributed by atoms with van der Waals surface area (Å²) in [6, 6.07) is 18.6. The van der Waals surface area contributed by atoms with Gasteiger partial charge in [0.05, 0.1) is 13.2 Å². The van der Waals surface area contributed by atoms with Crippen LogP contribution in [0.2, 0.25) is 0 Å². The number of ether oxygens (including phenoxy) is 6. The van der Waals surface area contributed by atoms with Gasteiger partial charge in [-0.25, -0.2) is 0 Å². The van der Waals surface area contributed by atoms with E-state index < -0.39 is 54.6 Å². The van der Waals surface area contributed by atoms with Crippen LogP contribution in [-0.4, -0.2) is 79.7 Å². The van der Waals surface area contributed by atoms with Gasteiger partial charge in [-0.15, -0.1) is 11.3 Å². The number of benzene rings is 2. The molecule has 5 atom stereocenters. The van der Waals surface area contributed by atoms with E-state index >= 15 is 0 Å². The average molecular weight is 680 g/mol. The second kappa shape index (κ2) is 15.9. The van der Waals surface area contributed by atoms with Crippen LogP contribution in [0.4, 0.5) is 0 Å². The molecule has 2 aromatic carbocycles. The summed E-state index contributed by atoms with van der Waals surface area (Å²) in [6.07, 6.45) is -5.74. The Balaban J connectivity index is 1.42. The van der Waals surface area contributed by atoms with Crippen molar-refractivity contribution < 1.29 is 47.6 Å². The lowest BCUT2D eigenvalue weighted by Crippen LogP contribution is -2.59. The van der Waals surface area contributed by atoms with Crippen molar-refractivity contribution in [1.29, 1.82) is 0 Å². The fourth-order valence-electron chi connectivity index (χ4n) is 6.02. The summed E-state index contributed by atoms with van der Waals surface area (Å²) in [7, 11) is 0. The van der Waals surface area contributed by atoms with Gasteiger partial charge in [-0.2, -0.15) is 0 Å². The van der Waals surface area contributed by atoms with Crippen molar-refractivity contribution >= 4 is 35.2 Å². The van der Waals surface area contributed by atoms with Gasteiger partial charge in [-0.1, -0.05) is 36.4 Å². The summed E-state index contributed by atoms with van der Waals surface area (Å²) in [5.74, 6) is -2.80. The first-order valence-corrected chi connectivity index (χ1v) is 16.7. The van der Waals surface area contributed by atoms with Crippen molar-refractivity contribution in [2.24, 2.45) is 0 Å². The zero-order chi connectivity index (χ0) is 34.4. The molecular formula is C36H41NO10S. The smallest absolute Gasteiger partial charge is 0.305 e. The van der Waals surface area contributed by atoms with Gasteiger partial charge >= 0.3 is 23.9 Å². The third-order valence-corrected chi connectivity index (χ3v) is 9.27. The van der Waals surface area contributed by atoms with Crippen LogP contribution in [0.1, 0.15) is 60.9 Å². The summed E-state index contributed by atoms with van der Waals surface area (Å²) in [5.41, 5.74) is 5.06. The molecule has 256 valence electrons. The molecule has 0 N–H and O–H groups in total. The standard InChI is InChI=1S/C36H41NO10S/c1-21-9-10-28(32-33(43-22(2)38)34(44-23(3)39)35(45-24(4)40)36(47-32)46-25(5)41)18-29(21)19-30-11-12-31(48-30)27-8-6-7-26(17-27)20-37-13-15-42-16-14-37/h6-12,17-18,32-36H,13-16,19-20H2,1-5H3. The SMILES string of the molecule is CC(=O)OC1OC(c2ccc(C)c(Cc3ccc(-c4cccc(CN5CCOCC5)c4)s3)c2)C(OC(C)=O)C(OC(C)=O)C1OC(C)=O. The third kappa shape index (κ3) is 9.07. The van der Waals surface area contributed by atoms with Crippen LogP contribution < -0.4 is 0 Å². The predicted molar refractivity (Wildman–Crippen MR) is 176 cm³/mol. The highest BCUT2D eigenvalue weighted by Gasteiger charge is 2.53. The Morgan fingerprint density at radius 3 is 2.15 bits per heavy atom. The highest BCUT2D eigenvalue weighted by molar-refractivity contribution is 7.15.